The van der Waals surface area contributed by atoms with Crippen molar-refractivity contribution in [2.24, 2.45) is 14.1 Å². The van der Waals surface area contributed by atoms with E-state index in [4.69, 9.17) is 0 Å². The molecule has 0 bridgehead atoms. The lowest BCUT2D eigenvalue weighted by Gasteiger charge is -2.33. The molecule has 0 spiro atoms. The van der Waals surface area contributed by atoms with E-state index in [2.05, 4.69) is 134 Å². The second-order valence-electron chi connectivity index (χ2n) is 9.03. The van der Waals surface area contributed by atoms with Gasteiger partial charge in [0.1, 0.15) is 8.07 Å². The summed E-state index contributed by atoms with van der Waals surface area (Å²) in [5, 5.41) is 3.17. The first-order valence-electron chi connectivity index (χ1n) is 12.0. The normalized spacial score (nSPS) is 15.5. The molecule has 33 heavy (non-hydrogen) atoms. The molecule has 1 aliphatic rings. The highest BCUT2D eigenvalue weighted by Gasteiger charge is 2.49. The van der Waals surface area contributed by atoms with Gasteiger partial charge in [-0.3, -0.25) is 0 Å². The minimum Gasteiger partial charge on any atom is -0.351 e. The Morgan fingerprint density at radius 3 is 1.24 bits per heavy atom. The highest BCUT2D eigenvalue weighted by Crippen LogP contribution is 2.58. The van der Waals surface area contributed by atoms with Gasteiger partial charge in [-0.1, -0.05) is 86.6 Å². The van der Waals surface area contributed by atoms with E-state index < -0.39 is 8.07 Å². The molecule has 2 aromatic heterocycles. The maximum Gasteiger partial charge on any atom is 0.124 e. The molecule has 0 fully saturated rings. The lowest BCUT2D eigenvalue weighted by molar-refractivity contribution is 0.909. The molecular formula is C30H32N2Si. The van der Waals surface area contributed by atoms with Crippen LogP contribution >= 0.6 is 0 Å². The number of rotatable bonds is 6. The first-order valence-corrected chi connectivity index (χ1v) is 14.4. The average molecular weight is 449 g/mol. The topological polar surface area (TPSA) is 9.86 Å². The standard InChI is InChI=1S/C30H32N2Si/c1-5-33(6-2)29(25-19-13-21-31(25)3)27(23-15-9-7-10-16-23)28(24-17-11-8-12-18-24)30(33)26-20-14-22-32(26)4/h7-22H,5-6H2,1-4H3. The van der Waals surface area contributed by atoms with Crippen molar-refractivity contribution in [1.82, 2.24) is 9.13 Å². The van der Waals surface area contributed by atoms with Crippen LogP contribution in [0.2, 0.25) is 12.1 Å². The summed E-state index contributed by atoms with van der Waals surface area (Å²) >= 11 is 0. The van der Waals surface area contributed by atoms with E-state index >= 15 is 0 Å². The number of aryl methyl sites for hydroxylation is 2. The Balaban J connectivity index is 1.99. The third-order valence-corrected chi connectivity index (χ3v) is 12.8. The van der Waals surface area contributed by atoms with Crippen LogP contribution < -0.4 is 0 Å². The number of hydrogen-bond acceptors (Lipinski definition) is 0. The Bertz CT molecular complexity index is 1230. The van der Waals surface area contributed by atoms with Crippen LogP contribution in [0.5, 0.6) is 0 Å². The smallest absolute Gasteiger partial charge is 0.124 e. The first kappa shape index (κ1) is 21.5. The Morgan fingerprint density at radius 2 is 0.939 bits per heavy atom. The molecule has 0 aliphatic carbocycles. The maximum absolute atomic E-state index is 2.41. The number of benzene rings is 2. The molecule has 0 radical (unpaired) electrons. The third-order valence-electron chi connectivity index (χ3n) is 7.44. The molecule has 5 rings (SSSR count). The molecule has 0 atom stereocenters. The number of aromatic nitrogens is 2. The van der Waals surface area contributed by atoms with Gasteiger partial charge >= 0.3 is 0 Å². The van der Waals surface area contributed by atoms with Crippen LogP contribution in [0.3, 0.4) is 0 Å². The van der Waals surface area contributed by atoms with E-state index in [0.717, 1.165) is 0 Å². The Labute approximate surface area is 198 Å². The van der Waals surface area contributed by atoms with Gasteiger partial charge < -0.3 is 9.13 Å². The van der Waals surface area contributed by atoms with E-state index in [0.29, 0.717) is 0 Å². The summed E-state index contributed by atoms with van der Waals surface area (Å²) in [5.74, 6) is 0. The van der Waals surface area contributed by atoms with Crippen LogP contribution in [0.4, 0.5) is 0 Å². The molecule has 0 saturated heterocycles. The Kier molecular flexibility index (Phi) is 5.59. The van der Waals surface area contributed by atoms with Gasteiger partial charge in [0.2, 0.25) is 0 Å². The number of allylic oxidation sites excluding steroid dienone is 2. The molecule has 0 amide bonds. The van der Waals surface area contributed by atoms with E-state index in [9.17, 15) is 0 Å². The van der Waals surface area contributed by atoms with Gasteiger partial charge in [0.05, 0.1) is 0 Å². The highest BCUT2D eigenvalue weighted by atomic mass is 28.3. The van der Waals surface area contributed by atoms with Crippen molar-refractivity contribution < 1.29 is 0 Å². The molecule has 166 valence electrons. The minimum atomic E-state index is -2.09. The molecule has 4 aromatic rings. The second-order valence-corrected chi connectivity index (χ2v) is 13.6. The molecule has 0 N–H and O–H groups in total. The van der Waals surface area contributed by atoms with E-state index in [1.54, 1.807) is 10.4 Å². The van der Waals surface area contributed by atoms with Crippen LogP contribution in [0.1, 0.15) is 36.4 Å². The SMILES string of the molecule is CC[Si]1(CC)C(c2cccn2C)=C(c2ccccc2)C(c2ccccc2)=C1c1cccn1C. The van der Waals surface area contributed by atoms with Crippen LogP contribution in [0, 0.1) is 0 Å². The predicted molar refractivity (Wildman–Crippen MR) is 144 cm³/mol. The van der Waals surface area contributed by atoms with Gasteiger partial charge in [0.15, 0.2) is 0 Å². The fourth-order valence-electron chi connectivity index (χ4n) is 5.79. The lowest BCUT2D eigenvalue weighted by Crippen LogP contribution is -2.36. The van der Waals surface area contributed by atoms with Gasteiger partial charge in [-0.05, 0) is 56.9 Å². The fraction of sp³-hybridized carbons (Fsp3) is 0.200. The monoisotopic (exact) mass is 448 g/mol. The van der Waals surface area contributed by atoms with Crippen LogP contribution in [-0.4, -0.2) is 17.2 Å². The molecule has 3 heteroatoms. The molecule has 0 unspecified atom stereocenters. The molecule has 3 heterocycles. The zero-order chi connectivity index (χ0) is 23.0. The lowest BCUT2D eigenvalue weighted by atomic mass is 9.90. The van der Waals surface area contributed by atoms with Crippen molar-refractivity contribution >= 4 is 29.6 Å². The summed E-state index contributed by atoms with van der Waals surface area (Å²) in [5.41, 5.74) is 8.21. The Morgan fingerprint density at radius 1 is 0.545 bits per heavy atom. The summed E-state index contributed by atoms with van der Waals surface area (Å²) in [6.45, 7) is 4.83. The van der Waals surface area contributed by atoms with Crippen molar-refractivity contribution in [3.63, 3.8) is 0 Å². The van der Waals surface area contributed by atoms with Gasteiger partial charge in [-0.15, -0.1) is 0 Å². The molecule has 0 saturated carbocycles. The Hall–Kier alpha value is -3.30. The minimum absolute atomic E-state index is 1.18. The quantitative estimate of drug-likeness (QED) is 0.271. The summed E-state index contributed by atoms with van der Waals surface area (Å²) in [6, 6.07) is 33.5. The molecular weight excluding hydrogens is 416 g/mol. The number of hydrogen-bond donors (Lipinski definition) is 0. The fourth-order valence-corrected chi connectivity index (χ4v) is 10.9. The van der Waals surface area contributed by atoms with Gasteiger partial charge in [-0.2, -0.15) is 0 Å². The molecule has 1 aliphatic heterocycles. The zero-order valence-corrected chi connectivity index (χ0v) is 21.0. The predicted octanol–water partition coefficient (Wildman–Crippen LogP) is 7.47. The highest BCUT2D eigenvalue weighted by molar-refractivity contribution is 7.14. The van der Waals surface area contributed by atoms with Crippen molar-refractivity contribution in [3.05, 3.63) is 120 Å². The van der Waals surface area contributed by atoms with Crippen molar-refractivity contribution in [2.75, 3.05) is 0 Å². The van der Waals surface area contributed by atoms with E-state index in [-0.39, 0.29) is 0 Å². The zero-order valence-electron chi connectivity index (χ0n) is 20.0. The van der Waals surface area contributed by atoms with Gasteiger partial charge in [0.25, 0.3) is 0 Å². The summed E-state index contributed by atoms with van der Waals surface area (Å²) < 4.78 is 4.64. The third kappa shape index (κ3) is 3.30. The molecule has 2 nitrogen and oxygen atoms in total. The summed E-state index contributed by atoms with van der Waals surface area (Å²) in [7, 11) is 2.30. The first-order chi connectivity index (χ1) is 16.1. The van der Waals surface area contributed by atoms with Gasteiger partial charge in [0, 0.05) is 37.9 Å². The largest absolute Gasteiger partial charge is 0.351 e. The molecule has 2 aromatic carbocycles. The van der Waals surface area contributed by atoms with Crippen molar-refractivity contribution in [2.45, 2.75) is 25.9 Å². The van der Waals surface area contributed by atoms with Crippen molar-refractivity contribution in [3.8, 4) is 0 Å². The van der Waals surface area contributed by atoms with Crippen LogP contribution in [-0.2, 0) is 14.1 Å². The average Bonchev–Trinajstić information content (AvgIpc) is 3.55. The summed E-state index contributed by atoms with van der Waals surface area (Å²) in [6.07, 6.45) is 4.39. The van der Waals surface area contributed by atoms with E-state index in [1.807, 2.05) is 0 Å². The maximum atomic E-state index is 2.41. The van der Waals surface area contributed by atoms with Crippen LogP contribution in [0.15, 0.2) is 97.3 Å². The second kappa shape index (κ2) is 8.57. The summed E-state index contributed by atoms with van der Waals surface area (Å²) in [4.78, 5) is 0. The van der Waals surface area contributed by atoms with Gasteiger partial charge in [-0.25, -0.2) is 0 Å². The van der Waals surface area contributed by atoms with Crippen molar-refractivity contribution in [1.29, 1.82) is 0 Å². The number of nitrogens with zero attached hydrogens (tertiary/aromatic N) is 2. The van der Waals surface area contributed by atoms with Crippen LogP contribution in [0.25, 0.3) is 21.5 Å². The van der Waals surface area contributed by atoms with E-state index in [1.165, 1.54) is 45.7 Å².